The van der Waals surface area contributed by atoms with Gasteiger partial charge in [-0.2, -0.15) is 0 Å². The third-order valence-electron chi connectivity index (χ3n) is 4.00. The Hall–Kier alpha value is -0.0800. The highest BCUT2D eigenvalue weighted by Gasteiger charge is 2.30. The van der Waals surface area contributed by atoms with E-state index in [1.165, 1.54) is 32.4 Å². The van der Waals surface area contributed by atoms with E-state index in [2.05, 4.69) is 32.6 Å². The highest BCUT2D eigenvalue weighted by atomic mass is 16.3. The first-order valence-corrected chi connectivity index (χ1v) is 6.24. The Morgan fingerprint density at radius 3 is 2.20 bits per heavy atom. The van der Waals surface area contributed by atoms with Gasteiger partial charge in [-0.1, -0.05) is 34.1 Å². The van der Waals surface area contributed by atoms with Crippen molar-refractivity contribution in [2.24, 2.45) is 10.8 Å². The van der Waals surface area contributed by atoms with Crippen LogP contribution < -0.4 is 0 Å². The minimum absolute atomic E-state index is 0.0555. The van der Waals surface area contributed by atoms with Gasteiger partial charge >= 0.3 is 0 Å². The van der Waals surface area contributed by atoms with E-state index in [0.29, 0.717) is 5.41 Å². The van der Waals surface area contributed by atoms with Crippen LogP contribution in [-0.2, 0) is 0 Å². The molecule has 0 atom stereocenters. The average molecular weight is 213 g/mol. The first kappa shape index (κ1) is 13.0. The van der Waals surface area contributed by atoms with Crippen molar-refractivity contribution in [3.8, 4) is 0 Å². The first-order chi connectivity index (χ1) is 6.91. The molecule has 1 aliphatic rings. The van der Waals surface area contributed by atoms with Gasteiger partial charge in [0.05, 0.1) is 0 Å². The maximum atomic E-state index is 9.25. The van der Waals surface area contributed by atoms with Crippen molar-refractivity contribution < 1.29 is 5.11 Å². The van der Waals surface area contributed by atoms with Crippen molar-refractivity contribution in [3.05, 3.63) is 0 Å². The number of aliphatic hydroxyl groups is 1. The van der Waals surface area contributed by atoms with E-state index >= 15 is 0 Å². The van der Waals surface area contributed by atoms with E-state index in [9.17, 15) is 5.11 Å². The van der Waals surface area contributed by atoms with Crippen LogP contribution in [0.5, 0.6) is 0 Å². The van der Waals surface area contributed by atoms with Gasteiger partial charge in [0.2, 0.25) is 0 Å². The molecule has 0 spiro atoms. The van der Waals surface area contributed by atoms with E-state index in [4.69, 9.17) is 0 Å². The second-order valence-electron chi connectivity index (χ2n) is 6.26. The van der Waals surface area contributed by atoms with Gasteiger partial charge in [-0.05, 0) is 31.3 Å². The number of aliphatic hydroxyl groups excluding tert-OH is 1. The predicted octanol–water partition coefficient (Wildman–Crippen LogP) is 2.52. The summed E-state index contributed by atoms with van der Waals surface area (Å²) in [7, 11) is 0. The zero-order valence-corrected chi connectivity index (χ0v) is 10.8. The molecular weight excluding hydrogens is 186 g/mol. The molecule has 0 aliphatic carbocycles. The predicted molar refractivity (Wildman–Crippen MR) is 64.9 cm³/mol. The van der Waals surface area contributed by atoms with Gasteiger partial charge in [-0.25, -0.2) is 0 Å². The van der Waals surface area contributed by atoms with Crippen molar-refractivity contribution >= 4 is 0 Å². The topological polar surface area (TPSA) is 23.5 Å². The van der Waals surface area contributed by atoms with Gasteiger partial charge in [0.1, 0.15) is 0 Å². The fourth-order valence-corrected chi connectivity index (χ4v) is 2.26. The maximum Gasteiger partial charge on any atom is 0.0494 e. The largest absolute Gasteiger partial charge is 0.396 e. The van der Waals surface area contributed by atoms with Crippen LogP contribution in [0, 0.1) is 10.8 Å². The summed E-state index contributed by atoms with van der Waals surface area (Å²) >= 11 is 0. The van der Waals surface area contributed by atoms with Crippen LogP contribution in [-0.4, -0.2) is 36.2 Å². The molecule has 0 saturated carbocycles. The summed E-state index contributed by atoms with van der Waals surface area (Å²) in [6.07, 6.45) is 3.92. The fourth-order valence-electron chi connectivity index (χ4n) is 2.26. The summed E-state index contributed by atoms with van der Waals surface area (Å²) in [5, 5.41) is 9.25. The summed E-state index contributed by atoms with van der Waals surface area (Å²) in [5.74, 6) is 0. The smallest absolute Gasteiger partial charge is 0.0494 e. The lowest BCUT2D eigenvalue weighted by Gasteiger charge is -2.41. The Labute approximate surface area is 94.7 Å². The SMILES string of the molecule is CCC1(C)CCN(CC(C)(C)CO)CC1. The number of nitrogens with zero attached hydrogens (tertiary/aromatic N) is 1. The molecule has 2 nitrogen and oxygen atoms in total. The minimum atomic E-state index is 0.0555. The zero-order chi connectivity index (χ0) is 11.5. The molecule has 1 aliphatic heterocycles. The molecule has 15 heavy (non-hydrogen) atoms. The van der Waals surface area contributed by atoms with E-state index in [-0.39, 0.29) is 12.0 Å². The molecule has 0 aromatic rings. The van der Waals surface area contributed by atoms with Crippen LogP contribution in [0.1, 0.15) is 47.0 Å². The molecule has 1 fully saturated rings. The zero-order valence-electron chi connectivity index (χ0n) is 10.8. The quantitative estimate of drug-likeness (QED) is 0.775. The second kappa shape index (κ2) is 4.84. The molecule has 1 saturated heterocycles. The molecule has 2 heteroatoms. The van der Waals surface area contributed by atoms with Crippen molar-refractivity contribution in [1.29, 1.82) is 0 Å². The Balaban J connectivity index is 2.38. The van der Waals surface area contributed by atoms with Crippen LogP contribution in [0.2, 0.25) is 0 Å². The van der Waals surface area contributed by atoms with Crippen LogP contribution in [0.4, 0.5) is 0 Å². The third-order valence-corrected chi connectivity index (χ3v) is 4.00. The highest BCUT2D eigenvalue weighted by Crippen LogP contribution is 2.34. The Bertz CT molecular complexity index is 193. The normalized spacial score (nSPS) is 23.0. The average Bonchev–Trinajstić information content (AvgIpc) is 2.22. The van der Waals surface area contributed by atoms with Crippen LogP contribution in [0.3, 0.4) is 0 Å². The van der Waals surface area contributed by atoms with Gasteiger partial charge in [-0.15, -0.1) is 0 Å². The summed E-state index contributed by atoms with van der Waals surface area (Å²) in [4.78, 5) is 2.51. The van der Waals surface area contributed by atoms with Crippen LogP contribution in [0.15, 0.2) is 0 Å². The van der Waals surface area contributed by atoms with Gasteiger partial charge in [0.15, 0.2) is 0 Å². The minimum Gasteiger partial charge on any atom is -0.396 e. The molecule has 1 heterocycles. The summed E-state index contributed by atoms with van der Waals surface area (Å²) in [6.45, 7) is 12.7. The van der Waals surface area contributed by atoms with Gasteiger partial charge in [0.25, 0.3) is 0 Å². The highest BCUT2D eigenvalue weighted by molar-refractivity contribution is 4.83. The molecule has 1 rings (SSSR count). The molecule has 0 radical (unpaired) electrons. The second-order valence-corrected chi connectivity index (χ2v) is 6.26. The van der Waals surface area contributed by atoms with E-state index in [1.54, 1.807) is 0 Å². The molecule has 0 aromatic heterocycles. The lowest BCUT2D eigenvalue weighted by atomic mass is 9.78. The Morgan fingerprint density at radius 1 is 1.27 bits per heavy atom. The number of rotatable bonds is 4. The van der Waals surface area contributed by atoms with E-state index in [1.807, 2.05) is 0 Å². The van der Waals surface area contributed by atoms with Gasteiger partial charge in [-0.3, -0.25) is 0 Å². The number of hydrogen-bond acceptors (Lipinski definition) is 2. The summed E-state index contributed by atoms with van der Waals surface area (Å²) in [6, 6.07) is 0. The summed E-state index contributed by atoms with van der Waals surface area (Å²) in [5.41, 5.74) is 0.625. The molecule has 90 valence electrons. The molecular formula is C13H27NO. The van der Waals surface area contributed by atoms with Gasteiger partial charge < -0.3 is 10.0 Å². The van der Waals surface area contributed by atoms with Crippen molar-refractivity contribution in [2.75, 3.05) is 26.2 Å². The monoisotopic (exact) mass is 213 g/mol. The maximum absolute atomic E-state index is 9.25. The van der Waals surface area contributed by atoms with Crippen molar-refractivity contribution in [2.45, 2.75) is 47.0 Å². The van der Waals surface area contributed by atoms with Crippen LogP contribution >= 0.6 is 0 Å². The standard InChI is InChI=1S/C13H27NO/c1-5-13(4)6-8-14(9-7-13)10-12(2,3)11-15/h15H,5-11H2,1-4H3. The lowest BCUT2D eigenvalue weighted by Crippen LogP contribution is -2.43. The Kier molecular flexibility index (Phi) is 4.19. The van der Waals surface area contributed by atoms with Crippen molar-refractivity contribution in [1.82, 2.24) is 4.90 Å². The van der Waals surface area contributed by atoms with Crippen molar-refractivity contribution in [3.63, 3.8) is 0 Å². The number of likely N-dealkylation sites (tertiary alicyclic amines) is 1. The molecule has 0 aromatic carbocycles. The van der Waals surface area contributed by atoms with E-state index < -0.39 is 0 Å². The molecule has 0 amide bonds. The Morgan fingerprint density at radius 2 is 1.80 bits per heavy atom. The number of hydrogen-bond donors (Lipinski definition) is 1. The molecule has 0 unspecified atom stereocenters. The first-order valence-electron chi connectivity index (χ1n) is 6.24. The fraction of sp³-hybridized carbons (Fsp3) is 1.00. The number of piperidine rings is 1. The molecule has 0 bridgehead atoms. The molecule has 1 N–H and O–H groups in total. The third kappa shape index (κ3) is 3.76. The van der Waals surface area contributed by atoms with Crippen LogP contribution in [0.25, 0.3) is 0 Å². The van der Waals surface area contributed by atoms with E-state index in [0.717, 1.165) is 6.54 Å². The van der Waals surface area contributed by atoms with Gasteiger partial charge in [0, 0.05) is 18.6 Å². The summed E-state index contributed by atoms with van der Waals surface area (Å²) < 4.78 is 0. The lowest BCUT2D eigenvalue weighted by molar-refractivity contribution is 0.0570.